The summed E-state index contributed by atoms with van der Waals surface area (Å²) in [7, 11) is 0. The molecule has 0 saturated carbocycles. The molecule has 0 spiro atoms. The largest absolute Gasteiger partial charge is 0.361 e. The summed E-state index contributed by atoms with van der Waals surface area (Å²) in [6.07, 6.45) is 8.83. The summed E-state index contributed by atoms with van der Waals surface area (Å²) in [6.45, 7) is 3.73. The van der Waals surface area contributed by atoms with Gasteiger partial charge in [-0.2, -0.15) is 0 Å². The molecule has 1 atom stereocenters. The van der Waals surface area contributed by atoms with Gasteiger partial charge in [-0.25, -0.2) is 9.78 Å². The number of nitrogens with zero attached hydrogens (tertiary/aromatic N) is 3. The molecule has 1 aliphatic rings. The minimum atomic E-state index is -0.0544. The van der Waals surface area contributed by atoms with E-state index < -0.39 is 0 Å². The highest BCUT2D eigenvalue weighted by molar-refractivity contribution is 5.92. The highest BCUT2D eigenvalue weighted by Gasteiger charge is 2.30. The second-order valence-corrected chi connectivity index (χ2v) is 6.49. The predicted octanol–water partition coefficient (Wildman–Crippen LogP) is 4.14. The summed E-state index contributed by atoms with van der Waals surface area (Å²) in [5.41, 5.74) is 1.83. The first-order chi connectivity index (χ1) is 12.3. The number of aryl methyl sites for hydroxylation is 1. The van der Waals surface area contributed by atoms with Crippen LogP contribution in [-0.2, 0) is 6.54 Å². The van der Waals surface area contributed by atoms with Gasteiger partial charge in [0.2, 0.25) is 0 Å². The second-order valence-electron chi connectivity index (χ2n) is 6.49. The number of hydrogen-bond acceptors (Lipinski definition) is 2. The number of benzene rings is 1. The fourth-order valence-electron chi connectivity index (χ4n) is 3.65. The molecular weight excluding hydrogens is 314 g/mol. The number of aromatic amines is 1. The Bertz CT molecular complexity index is 881. The molecule has 6 nitrogen and oxygen atoms in total. The Morgan fingerprint density at radius 3 is 3.16 bits per heavy atom. The smallest absolute Gasteiger partial charge is 0.322 e. The van der Waals surface area contributed by atoms with Crippen molar-refractivity contribution in [3.05, 3.63) is 48.7 Å². The Hall–Kier alpha value is -2.76. The monoisotopic (exact) mass is 337 g/mol. The van der Waals surface area contributed by atoms with Gasteiger partial charge >= 0.3 is 6.03 Å². The molecule has 0 radical (unpaired) electrons. The van der Waals surface area contributed by atoms with Crippen LogP contribution in [0.1, 0.15) is 38.1 Å². The summed E-state index contributed by atoms with van der Waals surface area (Å²) in [6, 6.07) is 7.93. The van der Waals surface area contributed by atoms with Crippen LogP contribution in [0, 0.1) is 0 Å². The number of nitrogens with one attached hydrogen (secondary N) is 2. The van der Waals surface area contributed by atoms with E-state index in [1.54, 1.807) is 0 Å². The van der Waals surface area contributed by atoms with E-state index in [0.29, 0.717) is 0 Å². The topological polar surface area (TPSA) is 66.0 Å². The zero-order valence-electron chi connectivity index (χ0n) is 14.4. The predicted molar refractivity (Wildman–Crippen MR) is 98.5 cm³/mol. The van der Waals surface area contributed by atoms with Crippen LogP contribution in [0.4, 0.5) is 10.5 Å². The van der Waals surface area contributed by atoms with E-state index in [1.807, 2.05) is 47.8 Å². The zero-order valence-corrected chi connectivity index (χ0v) is 14.4. The van der Waals surface area contributed by atoms with Crippen molar-refractivity contribution < 1.29 is 4.79 Å². The van der Waals surface area contributed by atoms with Crippen molar-refractivity contribution in [1.29, 1.82) is 0 Å². The molecule has 130 valence electrons. The van der Waals surface area contributed by atoms with E-state index in [1.165, 1.54) is 0 Å². The number of amides is 2. The number of urea groups is 1. The maximum atomic E-state index is 12.9. The molecule has 1 aliphatic heterocycles. The normalized spacial score (nSPS) is 17.8. The van der Waals surface area contributed by atoms with Gasteiger partial charge in [0.1, 0.15) is 5.82 Å². The summed E-state index contributed by atoms with van der Waals surface area (Å²) in [5, 5.41) is 4.19. The fourth-order valence-corrected chi connectivity index (χ4v) is 3.65. The molecule has 2 aromatic heterocycles. The van der Waals surface area contributed by atoms with E-state index in [2.05, 4.69) is 26.8 Å². The molecule has 2 N–H and O–H groups in total. The van der Waals surface area contributed by atoms with Gasteiger partial charge in [-0.1, -0.05) is 6.07 Å². The van der Waals surface area contributed by atoms with Crippen molar-refractivity contribution in [1.82, 2.24) is 19.4 Å². The molecule has 0 aliphatic carbocycles. The fraction of sp³-hybridized carbons (Fsp3) is 0.368. The van der Waals surface area contributed by atoms with Crippen LogP contribution in [0.3, 0.4) is 0 Å². The lowest BCUT2D eigenvalue weighted by atomic mass is 10.0. The highest BCUT2D eigenvalue weighted by Crippen LogP contribution is 2.30. The van der Waals surface area contributed by atoms with Gasteiger partial charge in [0.05, 0.1) is 6.04 Å². The SMILES string of the molecule is CCn1ccnc1[C@@H]1CCCCN1C(=O)Nc1ccc2cc[nH]c2c1. The number of carbonyl (C=O) groups excluding carboxylic acids is 1. The van der Waals surface area contributed by atoms with Gasteiger partial charge in [0.15, 0.2) is 0 Å². The van der Waals surface area contributed by atoms with E-state index in [9.17, 15) is 4.79 Å². The van der Waals surface area contributed by atoms with Gasteiger partial charge in [-0.3, -0.25) is 0 Å². The molecule has 25 heavy (non-hydrogen) atoms. The first kappa shape index (κ1) is 15.7. The third-order valence-corrected chi connectivity index (χ3v) is 4.96. The number of H-pyrrole nitrogens is 1. The molecular formula is C19H23N5O. The van der Waals surface area contributed by atoms with Crippen molar-refractivity contribution in [3.63, 3.8) is 0 Å². The Labute approximate surface area is 146 Å². The van der Waals surface area contributed by atoms with Crippen LogP contribution < -0.4 is 5.32 Å². The van der Waals surface area contributed by atoms with Gasteiger partial charge in [-0.05, 0) is 49.8 Å². The molecule has 0 unspecified atom stereocenters. The molecule has 0 bridgehead atoms. The molecule has 1 saturated heterocycles. The van der Waals surface area contributed by atoms with Crippen molar-refractivity contribution in [2.75, 3.05) is 11.9 Å². The van der Waals surface area contributed by atoms with Crippen molar-refractivity contribution in [2.45, 2.75) is 38.8 Å². The number of imidazole rings is 1. The second kappa shape index (κ2) is 6.63. The third kappa shape index (κ3) is 2.99. The van der Waals surface area contributed by atoms with Crippen LogP contribution in [0.2, 0.25) is 0 Å². The van der Waals surface area contributed by atoms with Gasteiger partial charge in [0, 0.05) is 42.9 Å². The average Bonchev–Trinajstić information content (AvgIpc) is 3.30. The molecule has 4 rings (SSSR count). The molecule has 3 heterocycles. The van der Waals surface area contributed by atoms with Gasteiger partial charge in [0.25, 0.3) is 0 Å². The van der Waals surface area contributed by atoms with E-state index >= 15 is 0 Å². The van der Waals surface area contributed by atoms with Gasteiger partial charge in [-0.15, -0.1) is 0 Å². The van der Waals surface area contributed by atoms with Crippen LogP contribution in [-0.4, -0.2) is 32.0 Å². The van der Waals surface area contributed by atoms with Crippen molar-refractivity contribution in [3.8, 4) is 0 Å². The number of rotatable bonds is 3. The average molecular weight is 337 g/mol. The molecule has 2 amide bonds. The van der Waals surface area contributed by atoms with E-state index in [-0.39, 0.29) is 12.1 Å². The van der Waals surface area contributed by atoms with E-state index in [0.717, 1.165) is 54.8 Å². The highest BCUT2D eigenvalue weighted by atomic mass is 16.2. The summed E-state index contributed by atoms with van der Waals surface area (Å²) in [5.74, 6) is 0.983. The number of hydrogen-bond donors (Lipinski definition) is 2. The van der Waals surface area contributed by atoms with E-state index in [4.69, 9.17) is 0 Å². The number of aromatic nitrogens is 3. The maximum Gasteiger partial charge on any atom is 0.322 e. The zero-order chi connectivity index (χ0) is 17.2. The quantitative estimate of drug-likeness (QED) is 0.754. The standard InChI is InChI=1S/C19H23N5O/c1-2-23-12-10-21-18(23)17-5-3-4-11-24(17)19(25)22-15-7-6-14-8-9-20-16(14)13-15/h6-10,12-13,17,20H,2-5,11H2,1H3,(H,22,25)/t17-/m0/s1. The van der Waals surface area contributed by atoms with Crippen molar-refractivity contribution >= 4 is 22.6 Å². The first-order valence-corrected chi connectivity index (χ1v) is 8.92. The lowest BCUT2D eigenvalue weighted by molar-refractivity contribution is 0.157. The van der Waals surface area contributed by atoms with Crippen LogP contribution in [0.5, 0.6) is 0 Å². The number of fused-ring (bicyclic) bond motifs is 1. The molecule has 1 fully saturated rings. The van der Waals surface area contributed by atoms with Crippen LogP contribution in [0.25, 0.3) is 10.9 Å². The van der Waals surface area contributed by atoms with Gasteiger partial charge < -0.3 is 19.8 Å². The Kier molecular flexibility index (Phi) is 4.17. The van der Waals surface area contributed by atoms with Crippen molar-refractivity contribution in [2.24, 2.45) is 0 Å². The molecule has 1 aromatic carbocycles. The first-order valence-electron chi connectivity index (χ1n) is 8.92. The van der Waals surface area contributed by atoms with Crippen LogP contribution >= 0.6 is 0 Å². The third-order valence-electron chi connectivity index (χ3n) is 4.96. The lowest BCUT2D eigenvalue weighted by Gasteiger charge is -2.35. The summed E-state index contributed by atoms with van der Waals surface area (Å²) >= 11 is 0. The number of anilines is 1. The van der Waals surface area contributed by atoms with Crippen LogP contribution in [0.15, 0.2) is 42.9 Å². The number of likely N-dealkylation sites (tertiary alicyclic amines) is 1. The minimum Gasteiger partial charge on any atom is -0.361 e. The molecule has 6 heteroatoms. The Morgan fingerprint density at radius 1 is 1.36 bits per heavy atom. The number of carbonyl (C=O) groups is 1. The number of piperidine rings is 1. The maximum absolute atomic E-state index is 12.9. The summed E-state index contributed by atoms with van der Waals surface area (Å²) < 4.78 is 2.13. The minimum absolute atomic E-state index is 0.0397. The molecule has 3 aromatic rings. The Morgan fingerprint density at radius 2 is 2.28 bits per heavy atom. The summed E-state index contributed by atoms with van der Waals surface area (Å²) in [4.78, 5) is 22.5. The Balaban J connectivity index is 1.56. The lowest BCUT2D eigenvalue weighted by Crippen LogP contribution is -2.42.